The number of halogens is 2. The van der Waals surface area contributed by atoms with Crippen molar-refractivity contribution < 1.29 is 18.0 Å². The maximum Gasteiger partial charge on any atom is 0.244 e. The number of carbonyl (C=O) groups is 2. The summed E-state index contributed by atoms with van der Waals surface area (Å²) in [5.74, 6) is -0.589. The molecule has 0 heterocycles. The van der Waals surface area contributed by atoms with Gasteiger partial charge in [0.25, 0.3) is 0 Å². The van der Waals surface area contributed by atoms with E-state index < -0.39 is 28.5 Å². The van der Waals surface area contributed by atoms with Gasteiger partial charge in [-0.15, -0.1) is 0 Å². The smallest absolute Gasteiger partial charge is 0.244 e. The highest BCUT2D eigenvalue weighted by Crippen LogP contribution is 2.28. The predicted octanol–water partition coefficient (Wildman–Crippen LogP) is 5.60. The SMILES string of the molecule is CCC(C)NC(=O)C(CC)N(Cc1c(Cl)cccc1Cl)C(=O)CN(c1ccc(C(C)C)cc1)S(C)(=O)=O. The maximum atomic E-state index is 13.8. The second kappa shape index (κ2) is 13.5. The quantitative estimate of drug-likeness (QED) is 0.360. The Morgan fingerprint density at radius 1 is 0.946 bits per heavy atom. The Labute approximate surface area is 231 Å². The third-order valence-electron chi connectivity index (χ3n) is 6.30. The number of benzene rings is 2. The molecule has 2 aromatic rings. The summed E-state index contributed by atoms with van der Waals surface area (Å²) in [6.45, 7) is 9.19. The zero-order valence-electron chi connectivity index (χ0n) is 22.3. The Morgan fingerprint density at radius 2 is 1.51 bits per heavy atom. The van der Waals surface area contributed by atoms with Crippen molar-refractivity contribution in [2.45, 2.75) is 72.0 Å². The fourth-order valence-electron chi connectivity index (χ4n) is 3.85. The lowest BCUT2D eigenvalue weighted by Gasteiger charge is -2.33. The second-order valence-electron chi connectivity index (χ2n) is 9.48. The molecule has 204 valence electrons. The van der Waals surface area contributed by atoms with E-state index in [0.29, 0.717) is 27.7 Å². The summed E-state index contributed by atoms with van der Waals surface area (Å²) in [5.41, 5.74) is 1.90. The van der Waals surface area contributed by atoms with E-state index >= 15 is 0 Å². The molecular formula is C27H37Cl2N3O4S. The van der Waals surface area contributed by atoms with Gasteiger partial charge in [0.15, 0.2) is 0 Å². The molecule has 2 amide bonds. The van der Waals surface area contributed by atoms with Crippen LogP contribution < -0.4 is 9.62 Å². The number of amides is 2. The van der Waals surface area contributed by atoms with E-state index in [4.69, 9.17) is 23.2 Å². The Bertz CT molecular complexity index is 1170. The van der Waals surface area contributed by atoms with Crippen LogP contribution in [-0.2, 0) is 26.2 Å². The molecule has 2 rings (SSSR count). The minimum Gasteiger partial charge on any atom is -0.352 e. The van der Waals surface area contributed by atoms with Gasteiger partial charge in [0.2, 0.25) is 21.8 Å². The molecule has 2 atom stereocenters. The highest BCUT2D eigenvalue weighted by molar-refractivity contribution is 7.92. The molecule has 0 bridgehead atoms. The first kappa shape index (κ1) is 30.9. The summed E-state index contributed by atoms with van der Waals surface area (Å²) in [7, 11) is -3.81. The first-order chi connectivity index (χ1) is 17.3. The molecule has 7 nitrogen and oxygen atoms in total. The van der Waals surface area contributed by atoms with Gasteiger partial charge in [0.05, 0.1) is 11.9 Å². The number of nitrogens with one attached hydrogen (secondary N) is 1. The summed E-state index contributed by atoms with van der Waals surface area (Å²) in [4.78, 5) is 28.4. The topological polar surface area (TPSA) is 86.8 Å². The minimum atomic E-state index is -3.81. The van der Waals surface area contributed by atoms with Crippen LogP contribution in [-0.4, -0.2) is 50.0 Å². The molecule has 2 aromatic carbocycles. The Kier molecular flexibility index (Phi) is 11.3. The van der Waals surface area contributed by atoms with Crippen molar-refractivity contribution in [1.29, 1.82) is 0 Å². The maximum absolute atomic E-state index is 13.8. The standard InChI is InChI=1S/C27H37Cl2N3O4S/c1-7-19(5)30-27(34)25(8-2)31(16-22-23(28)10-9-11-24(22)29)26(33)17-32(37(6,35)36)21-14-12-20(13-15-21)18(3)4/h9-15,18-19,25H,7-8,16-17H2,1-6H3,(H,30,34). The average molecular weight is 571 g/mol. The van der Waals surface area contributed by atoms with E-state index in [9.17, 15) is 18.0 Å². The first-order valence-corrected chi connectivity index (χ1v) is 15.0. The summed E-state index contributed by atoms with van der Waals surface area (Å²) in [6, 6.07) is 11.1. The van der Waals surface area contributed by atoms with Crippen molar-refractivity contribution in [3.05, 3.63) is 63.6 Å². The van der Waals surface area contributed by atoms with Gasteiger partial charge < -0.3 is 10.2 Å². The summed E-state index contributed by atoms with van der Waals surface area (Å²) < 4.78 is 26.6. The average Bonchev–Trinajstić information content (AvgIpc) is 2.83. The van der Waals surface area contributed by atoms with Crippen LogP contribution in [0.5, 0.6) is 0 Å². The van der Waals surface area contributed by atoms with Crippen LogP contribution in [0.4, 0.5) is 5.69 Å². The van der Waals surface area contributed by atoms with Gasteiger partial charge in [-0.25, -0.2) is 8.42 Å². The van der Waals surface area contributed by atoms with E-state index in [1.807, 2.05) is 39.8 Å². The number of hydrogen-bond donors (Lipinski definition) is 1. The molecule has 0 saturated carbocycles. The molecule has 0 aliphatic rings. The van der Waals surface area contributed by atoms with Crippen molar-refractivity contribution in [2.24, 2.45) is 0 Å². The second-order valence-corrected chi connectivity index (χ2v) is 12.2. The van der Waals surface area contributed by atoms with Crippen LogP contribution in [0.3, 0.4) is 0 Å². The van der Waals surface area contributed by atoms with Gasteiger partial charge in [0, 0.05) is 28.2 Å². The van der Waals surface area contributed by atoms with E-state index in [1.54, 1.807) is 37.3 Å². The highest BCUT2D eigenvalue weighted by Gasteiger charge is 2.33. The summed E-state index contributed by atoms with van der Waals surface area (Å²) in [5, 5.41) is 3.64. The van der Waals surface area contributed by atoms with Crippen LogP contribution in [0, 0.1) is 0 Å². The van der Waals surface area contributed by atoms with Gasteiger partial charge in [0.1, 0.15) is 12.6 Å². The third kappa shape index (κ3) is 8.35. The van der Waals surface area contributed by atoms with Gasteiger partial charge in [-0.3, -0.25) is 13.9 Å². The normalized spacial score (nSPS) is 13.2. The van der Waals surface area contributed by atoms with Crippen molar-refractivity contribution in [1.82, 2.24) is 10.2 Å². The van der Waals surface area contributed by atoms with Crippen molar-refractivity contribution >= 4 is 50.7 Å². The largest absolute Gasteiger partial charge is 0.352 e. The molecule has 0 radical (unpaired) electrons. The zero-order chi connectivity index (χ0) is 27.9. The van der Waals surface area contributed by atoms with Crippen LogP contribution in [0.2, 0.25) is 10.0 Å². The number of rotatable bonds is 12. The molecule has 0 aliphatic heterocycles. The lowest BCUT2D eigenvalue weighted by Crippen LogP contribution is -2.53. The fraction of sp³-hybridized carbons (Fsp3) is 0.481. The molecule has 2 unspecified atom stereocenters. The monoisotopic (exact) mass is 569 g/mol. The Balaban J connectivity index is 2.50. The zero-order valence-corrected chi connectivity index (χ0v) is 24.6. The molecule has 0 aliphatic carbocycles. The van der Waals surface area contributed by atoms with Crippen molar-refractivity contribution in [2.75, 3.05) is 17.1 Å². The lowest BCUT2D eigenvalue weighted by atomic mass is 10.0. The van der Waals surface area contributed by atoms with Gasteiger partial charge in [-0.2, -0.15) is 0 Å². The molecule has 0 saturated heterocycles. The predicted molar refractivity (Wildman–Crippen MR) is 152 cm³/mol. The number of anilines is 1. The molecule has 0 spiro atoms. The van der Waals surface area contributed by atoms with E-state index in [2.05, 4.69) is 5.32 Å². The van der Waals surface area contributed by atoms with Crippen LogP contribution in [0.1, 0.15) is 64.5 Å². The summed E-state index contributed by atoms with van der Waals surface area (Å²) >= 11 is 12.8. The van der Waals surface area contributed by atoms with Crippen molar-refractivity contribution in [3.63, 3.8) is 0 Å². The number of carbonyl (C=O) groups excluding carboxylic acids is 2. The molecule has 0 aromatic heterocycles. The highest BCUT2D eigenvalue weighted by atomic mass is 35.5. The van der Waals surface area contributed by atoms with E-state index in [1.165, 1.54) is 4.90 Å². The minimum absolute atomic E-state index is 0.0480. The Morgan fingerprint density at radius 3 is 1.97 bits per heavy atom. The molecule has 10 heteroatoms. The van der Waals surface area contributed by atoms with Crippen LogP contribution in [0.15, 0.2) is 42.5 Å². The van der Waals surface area contributed by atoms with E-state index in [0.717, 1.165) is 22.5 Å². The third-order valence-corrected chi connectivity index (χ3v) is 8.15. The van der Waals surface area contributed by atoms with Gasteiger partial charge in [-0.1, -0.05) is 69.1 Å². The van der Waals surface area contributed by atoms with E-state index in [-0.39, 0.29) is 24.4 Å². The van der Waals surface area contributed by atoms with Crippen LogP contribution in [0.25, 0.3) is 0 Å². The fourth-order valence-corrected chi connectivity index (χ4v) is 5.22. The number of sulfonamides is 1. The number of hydrogen-bond acceptors (Lipinski definition) is 4. The van der Waals surface area contributed by atoms with Crippen molar-refractivity contribution in [3.8, 4) is 0 Å². The lowest BCUT2D eigenvalue weighted by molar-refractivity contribution is -0.140. The Hall–Kier alpha value is -2.29. The summed E-state index contributed by atoms with van der Waals surface area (Å²) in [6.07, 6.45) is 2.09. The molecule has 37 heavy (non-hydrogen) atoms. The number of nitrogens with zero attached hydrogens (tertiary/aromatic N) is 2. The van der Waals surface area contributed by atoms with Gasteiger partial charge in [-0.05, 0) is 55.5 Å². The van der Waals surface area contributed by atoms with Crippen LogP contribution >= 0.6 is 23.2 Å². The first-order valence-electron chi connectivity index (χ1n) is 12.4. The molecular weight excluding hydrogens is 533 g/mol. The van der Waals surface area contributed by atoms with Gasteiger partial charge >= 0.3 is 0 Å². The molecule has 1 N–H and O–H groups in total. The molecule has 0 fully saturated rings.